The van der Waals surface area contributed by atoms with E-state index in [1.165, 1.54) is 0 Å². The van der Waals surface area contributed by atoms with E-state index in [4.69, 9.17) is 68.1 Å². The van der Waals surface area contributed by atoms with Crippen molar-refractivity contribution in [2.45, 2.75) is 0 Å². The summed E-state index contributed by atoms with van der Waals surface area (Å²) in [6.07, 6.45) is 0. The first-order valence-corrected chi connectivity index (χ1v) is 35.8. The molecule has 0 radical (unpaired) electrons. The Balaban J connectivity index is 0. The van der Waals surface area contributed by atoms with Crippen LogP contribution in [0.25, 0.3) is 42.5 Å². The van der Waals surface area contributed by atoms with E-state index < -0.39 is 54.6 Å². The van der Waals surface area contributed by atoms with Gasteiger partial charge < -0.3 is 61.7 Å². The molecule has 1 rings (SSSR count). The van der Waals surface area contributed by atoms with E-state index in [2.05, 4.69) is 42.5 Å². The van der Waals surface area contributed by atoms with Gasteiger partial charge in [-0.15, -0.1) is 26.2 Å². The van der Waals surface area contributed by atoms with Crippen LogP contribution in [0.4, 0.5) is 0 Å². The first-order valence-electron chi connectivity index (χ1n) is 10.5. The summed E-state index contributed by atoms with van der Waals surface area (Å²) in [5, 5.41) is 30.9. The van der Waals surface area contributed by atoms with Crippen molar-refractivity contribution in [3.8, 4) is 0 Å². The average molecular weight is 858 g/mol. The molecule has 12 nitrogen and oxygen atoms in total. The molecule has 1 fully saturated rings. The molecular formula is C16H24Cl8N8O4Zr2-8. The Morgan fingerprint density at radius 3 is 0.632 bits per heavy atom. The molecule has 0 unspecified atom stereocenters. The summed E-state index contributed by atoms with van der Waals surface area (Å²) in [6, 6.07) is 0. The van der Waals surface area contributed by atoms with E-state index in [1.54, 1.807) is 0 Å². The molecule has 0 aromatic heterocycles. The minimum atomic E-state index is -3.29. The summed E-state index contributed by atoms with van der Waals surface area (Å²) in [4.78, 5) is 45.9. The fourth-order valence-electron chi connectivity index (χ4n) is 1.89. The molecule has 0 spiro atoms. The van der Waals surface area contributed by atoms with Crippen molar-refractivity contribution in [1.82, 2.24) is 0 Å². The van der Waals surface area contributed by atoms with Gasteiger partial charge in [0, 0.05) is 0 Å². The van der Waals surface area contributed by atoms with Gasteiger partial charge in [-0.2, -0.15) is 52.4 Å². The number of rotatable bonds is 0. The number of hydrogen-bond acceptors (Lipinski definition) is 4. The zero-order valence-electron chi connectivity index (χ0n) is 19.7. The van der Waals surface area contributed by atoms with Crippen molar-refractivity contribution >= 4 is 91.7 Å². The normalized spacial score (nSPS) is 18.9. The molecule has 1 aliphatic heterocycles. The molecule has 1 heterocycles. The van der Waals surface area contributed by atoms with Crippen molar-refractivity contribution < 1.29 is 50.2 Å². The van der Waals surface area contributed by atoms with E-state index in [-0.39, 0.29) is 26.2 Å². The minimum absolute atomic E-state index is 0.113. The molecule has 38 heavy (non-hydrogen) atoms. The van der Waals surface area contributed by atoms with Gasteiger partial charge in [0.05, 0.1) is 23.6 Å². The Hall–Kier alpha value is 1.81. The molecule has 0 aromatic carbocycles. The van der Waals surface area contributed by atoms with E-state index in [0.29, 0.717) is 52.4 Å². The number of halogens is 8. The van der Waals surface area contributed by atoms with Gasteiger partial charge in [-0.1, -0.05) is 0 Å². The predicted octanol–water partition coefficient (Wildman–Crippen LogP) is 6.61. The first-order chi connectivity index (χ1) is 17.6. The van der Waals surface area contributed by atoms with E-state index in [1.807, 2.05) is 0 Å². The maximum absolute atomic E-state index is 11.5. The van der Waals surface area contributed by atoms with Gasteiger partial charge in [0.1, 0.15) is 0 Å². The molecule has 0 aromatic rings. The molecule has 1 aliphatic rings. The Bertz CT molecular complexity index is 581. The van der Waals surface area contributed by atoms with Crippen LogP contribution in [0, 0.1) is 0 Å². The third kappa shape index (κ3) is 39.9. The topological polar surface area (TPSA) is 181 Å². The third-order valence-corrected chi connectivity index (χ3v) is 3.25. The van der Waals surface area contributed by atoms with E-state index in [0.717, 1.165) is 0 Å². The zero-order valence-corrected chi connectivity index (χ0v) is 30.7. The number of carbonyl (C=O) groups excluding carboxylic acids is 4. The molecule has 0 saturated carbocycles. The summed E-state index contributed by atoms with van der Waals surface area (Å²) in [6.45, 7) is 3.34. The van der Waals surface area contributed by atoms with Gasteiger partial charge in [0.2, 0.25) is 0 Å². The van der Waals surface area contributed by atoms with Crippen LogP contribution in [-0.2, 0) is 50.2 Å². The fraction of sp³-hybridized carbons (Fsp3) is 0.750. The summed E-state index contributed by atoms with van der Waals surface area (Å²) in [5.41, 5.74) is 0. The average Bonchev–Trinajstić information content (AvgIpc) is 2.78. The van der Waals surface area contributed by atoms with Crippen molar-refractivity contribution in [1.29, 1.82) is 0 Å². The summed E-state index contributed by atoms with van der Waals surface area (Å²) < 4.78 is 0. The SMILES string of the molecule is O=C1[N-]CC[N-]CC[N-]CC[N-]C(=O)C(=O)[N-]CC[N-]CC[N-]CC[N-]C1=O.[Cl][Zr]([Cl])([Cl])[Cl].[Cl][Zr]([Cl])([Cl])[Cl]. The summed E-state index contributed by atoms with van der Waals surface area (Å²) in [7, 11) is 40.3. The van der Waals surface area contributed by atoms with Crippen LogP contribution in [0.2, 0.25) is 0 Å². The van der Waals surface area contributed by atoms with E-state index in [9.17, 15) is 19.2 Å². The molecule has 0 N–H and O–H groups in total. The van der Waals surface area contributed by atoms with Gasteiger partial charge >= 0.3 is 99.1 Å². The van der Waals surface area contributed by atoms with Crippen molar-refractivity contribution in [3.63, 3.8) is 0 Å². The summed E-state index contributed by atoms with van der Waals surface area (Å²) in [5.74, 6) is -3.52. The van der Waals surface area contributed by atoms with Crippen molar-refractivity contribution in [2.75, 3.05) is 78.5 Å². The van der Waals surface area contributed by atoms with Crippen LogP contribution in [0.1, 0.15) is 0 Å². The maximum atomic E-state index is 11.5. The third-order valence-electron chi connectivity index (χ3n) is 3.25. The Labute approximate surface area is 259 Å². The van der Waals surface area contributed by atoms with Crippen molar-refractivity contribution in [3.05, 3.63) is 42.5 Å². The Morgan fingerprint density at radius 2 is 0.474 bits per heavy atom. The molecule has 4 amide bonds. The van der Waals surface area contributed by atoms with Crippen LogP contribution in [-0.4, -0.2) is 102 Å². The van der Waals surface area contributed by atoms with Crippen molar-refractivity contribution in [2.24, 2.45) is 0 Å². The van der Waals surface area contributed by atoms with Crippen LogP contribution >= 0.6 is 68.1 Å². The number of amides is 4. The molecule has 0 aliphatic carbocycles. The van der Waals surface area contributed by atoms with Gasteiger partial charge in [0.15, 0.2) is 0 Å². The summed E-state index contributed by atoms with van der Waals surface area (Å²) >= 11 is -6.58. The predicted molar refractivity (Wildman–Crippen MR) is 152 cm³/mol. The Kier molecular flexibility index (Phi) is 29.2. The second-order valence-electron chi connectivity index (χ2n) is 6.29. The second-order valence-corrected chi connectivity index (χ2v) is 51.1. The zero-order chi connectivity index (χ0) is 29.5. The standard InChI is InChI=1S/C16H28N8O4.8ClH.2Zr/c25-13-14(26)23-11-7-19-3-4-20-8-12-24-16(28)15(27)22-10-6-18-2-1-17-5-9-21-13;;;;;;;;;;/h1-12H2,(H4,21,22,23,24,25,26,27,28);8*1H;;/q-4;;;;;;;;;2*+4/p-12. The van der Waals surface area contributed by atoms with Crippen LogP contribution in [0.5, 0.6) is 0 Å². The monoisotopic (exact) mass is 852 g/mol. The molecule has 224 valence electrons. The fourth-order valence-corrected chi connectivity index (χ4v) is 1.89. The van der Waals surface area contributed by atoms with E-state index >= 15 is 0 Å². The quantitative estimate of drug-likeness (QED) is 0.249. The van der Waals surface area contributed by atoms with Gasteiger partial charge in [-0.05, 0) is 0 Å². The molecule has 1 saturated heterocycles. The van der Waals surface area contributed by atoms with Crippen LogP contribution in [0.15, 0.2) is 0 Å². The van der Waals surface area contributed by atoms with Gasteiger partial charge in [-0.3, -0.25) is 0 Å². The molecule has 0 atom stereocenters. The molecule has 22 heteroatoms. The number of carbonyl (C=O) groups is 4. The number of nitrogens with zero attached hydrogens (tertiary/aromatic N) is 8. The number of hydrogen-bond donors (Lipinski definition) is 0. The molecular weight excluding hydrogens is 834 g/mol. The van der Waals surface area contributed by atoms with Gasteiger partial charge in [0.25, 0.3) is 0 Å². The van der Waals surface area contributed by atoms with Gasteiger partial charge in [-0.25, -0.2) is 0 Å². The second kappa shape index (κ2) is 26.4. The molecule has 0 bridgehead atoms. The van der Waals surface area contributed by atoms with Crippen LogP contribution < -0.4 is 0 Å². The Morgan fingerprint density at radius 1 is 0.342 bits per heavy atom. The first kappa shape index (κ1) is 41.9. The van der Waals surface area contributed by atoms with Crippen LogP contribution in [0.3, 0.4) is 0 Å².